The predicted octanol–water partition coefficient (Wildman–Crippen LogP) is 4.00. The fourth-order valence-electron chi connectivity index (χ4n) is 3.05. The van der Waals surface area contributed by atoms with Crippen LogP contribution in [0.2, 0.25) is 0 Å². The molecule has 2 aromatic carbocycles. The van der Waals surface area contributed by atoms with Crippen LogP contribution in [0.1, 0.15) is 18.4 Å². The highest BCUT2D eigenvalue weighted by molar-refractivity contribution is 9.10. The molecule has 0 radical (unpaired) electrons. The van der Waals surface area contributed by atoms with Gasteiger partial charge in [-0.25, -0.2) is 0 Å². The number of rotatable bonds is 3. The molecule has 0 spiro atoms. The van der Waals surface area contributed by atoms with Crippen molar-refractivity contribution in [3.05, 3.63) is 58.6 Å². The maximum Gasteiger partial charge on any atom is 0.228 e. The highest BCUT2D eigenvalue weighted by Crippen LogP contribution is 2.45. The molecule has 1 fully saturated rings. The smallest absolute Gasteiger partial charge is 0.228 e. The molecule has 2 aromatic rings. The zero-order chi connectivity index (χ0) is 16.4. The number of carbonyl (C=O) groups is 1. The van der Waals surface area contributed by atoms with Gasteiger partial charge in [0.1, 0.15) is 5.75 Å². The molecule has 1 atom stereocenters. The molecule has 5 heteroatoms. The second-order valence-electron chi connectivity index (χ2n) is 5.38. The van der Waals surface area contributed by atoms with Crippen molar-refractivity contribution in [3.8, 4) is 11.8 Å². The van der Waals surface area contributed by atoms with Crippen molar-refractivity contribution >= 4 is 27.5 Å². The lowest BCUT2D eigenvalue weighted by Crippen LogP contribution is -2.42. The number of hydrogen-bond donors (Lipinski definition) is 0. The number of nitrogens with zero attached hydrogens (tertiary/aromatic N) is 2. The van der Waals surface area contributed by atoms with Gasteiger partial charge in [0.05, 0.1) is 18.9 Å². The van der Waals surface area contributed by atoms with E-state index in [-0.39, 0.29) is 5.91 Å². The molecule has 0 aliphatic carbocycles. The van der Waals surface area contributed by atoms with Gasteiger partial charge in [-0.2, -0.15) is 5.26 Å². The van der Waals surface area contributed by atoms with Gasteiger partial charge in [0.15, 0.2) is 5.54 Å². The first-order chi connectivity index (χ1) is 11.1. The third-order valence-electron chi connectivity index (χ3n) is 4.16. The molecule has 1 heterocycles. The molecule has 3 rings (SSSR count). The first kappa shape index (κ1) is 15.6. The molecule has 0 N–H and O–H groups in total. The minimum Gasteiger partial charge on any atom is -0.495 e. The van der Waals surface area contributed by atoms with Crippen LogP contribution in [0.3, 0.4) is 0 Å². The van der Waals surface area contributed by atoms with Crippen LogP contribution in [0, 0.1) is 11.3 Å². The van der Waals surface area contributed by atoms with Crippen molar-refractivity contribution in [2.45, 2.75) is 18.4 Å². The highest BCUT2D eigenvalue weighted by atomic mass is 79.9. The standard InChI is InChI=1S/C18H15BrN2O2/c1-23-16-5-3-2-4-15(16)21-17(22)10-11-18(21,12-20)13-6-8-14(19)9-7-13/h2-9H,10-11H2,1H3/t18-/m1/s1. The lowest BCUT2D eigenvalue weighted by atomic mass is 9.88. The summed E-state index contributed by atoms with van der Waals surface area (Å²) in [7, 11) is 1.56. The van der Waals surface area contributed by atoms with Gasteiger partial charge in [0, 0.05) is 10.9 Å². The third-order valence-corrected chi connectivity index (χ3v) is 4.69. The van der Waals surface area contributed by atoms with Gasteiger partial charge in [-0.05, 0) is 36.2 Å². The molecule has 0 unspecified atom stereocenters. The quantitative estimate of drug-likeness (QED) is 0.820. The molecule has 23 heavy (non-hydrogen) atoms. The van der Waals surface area contributed by atoms with E-state index in [9.17, 15) is 10.1 Å². The van der Waals surface area contributed by atoms with Crippen molar-refractivity contribution in [2.75, 3.05) is 12.0 Å². The topological polar surface area (TPSA) is 53.3 Å². The lowest BCUT2D eigenvalue weighted by molar-refractivity contribution is -0.117. The number of para-hydroxylation sites is 2. The van der Waals surface area contributed by atoms with E-state index >= 15 is 0 Å². The second kappa shape index (κ2) is 6.05. The van der Waals surface area contributed by atoms with Crippen LogP contribution >= 0.6 is 15.9 Å². The number of carbonyl (C=O) groups excluding carboxylic acids is 1. The molecule has 1 amide bonds. The minimum absolute atomic E-state index is 0.0704. The summed E-state index contributed by atoms with van der Waals surface area (Å²) < 4.78 is 6.32. The summed E-state index contributed by atoms with van der Waals surface area (Å²) in [6.07, 6.45) is 0.795. The Morgan fingerprint density at radius 2 is 1.91 bits per heavy atom. The van der Waals surface area contributed by atoms with Crippen LogP contribution in [0.25, 0.3) is 0 Å². The average Bonchev–Trinajstić information content (AvgIpc) is 2.93. The van der Waals surface area contributed by atoms with Crippen molar-refractivity contribution in [1.29, 1.82) is 5.26 Å². The number of ether oxygens (including phenoxy) is 1. The zero-order valence-corrected chi connectivity index (χ0v) is 14.2. The number of benzene rings is 2. The average molecular weight is 371 g/mol. The summed E-state index contributed by atoms with van der Waals surface area (Å²) in [5, 5.41) is 9.96. The monoisotopic (exact) mass is 370 g/mol. The number of halogens is 1. The maximum absolute atomic E-state index is 12.6. The lowest BCUT2D eigenvalue weighted by Gasteiger charge is -2.33. The van der Waals surface area contributed by atoms with Crippen molar-refractivity contribution in [1.82, 2.24) is 0 Å². The Kier molecular flexibility index (Phi) is 4.10. The Morgan fingerprint density at radius 1 is 1.22 bits per heavy atom. The number of methoxy groups -OCH3 is 1. The zero-order valence-electron chi connectivity index (χ0n) is 12.6. The van der Waals surface area contributed by atoms with Crippen molar-refractivity contribution in [3.63, 3.8) is 0 Å². The molecule has 116 valence electrons. The van der Waals surface area contributed by atoms with Gasteiger partial charge in [-0.3, -0.25) is 9.69 Å². The molecule has 1 saturated heterocycles. The molecular formula is C18H15BrN2O2. The number of anilines is 1. The SMILES string of the molecule is COc1ccccc1N1C(=O)CC[C@@]1(C#N)c1ccc(Br)cc1. The van der Waals surface area contributed by atoms with E-state index in [0.717, 1.165) is 10.0 Å². The largest absolute Gasteiger partial charge is 0.495 e. The van der Waals surface area contributed by atoms with Gasteiger partial charge in [-0.1, -0.05) is 40.2 Å². The summed E-state index contributed by atoms with van der Waals surface area (Å²) >= 11 is 3.40. The summed E-state index contributed by atoms with van der Waals surface area (Å²) in [4.78, 5) is 14.1. The van der Waals surface area contributed by atoms with E-state index in [1.807, 2.05) is 42.5 Å². The number of amides is 1. The first-order valence-corrected chi connectivity index (χ1v) is 8.05. The molecule has 0 saturated carbocycles. The summed E-state index contributed by atoms with van der Waals surface area (Å²) in [5.74, 6) is 0.512. The van der Waals surface area contributed by atoms with Gasteiger partial charge in [0.2, 0.25) is 5.91 Å². The van der Waals surface area contributed by atoms with Crippen LogP contribution in [0.15, 0.2) is 53.0 Å². The van der Waals surface area contributed by atoms with Crippen LogP contribution < -0.4 is 9.64 Å². The Balaban J connectivity index is 2.18. The van der Waals surface area contributed by atoms with E-state index < -0.39 is 5.54 Å². The molecule has 0 bridgehead atoms. The third kappa shape index (κ3) is 2.49. The fraction of sp³-hybridized carbons (Fsp3) is 0.222. The van der Waals surface area contributed by atoms with E-state index in [1.165, 1.54) is 0 Å². The van der Waals surface area contributed by atoms with Crippen LogP contribution in [-0.2, 0) is 10.3 Å². The number of hydrogen-bond acceptors (Lipinski definition) is 3. The highest BCUT2D eigenvalue weighted by Gasteiger charge is 2.48. The molecular weight excluding hydrogens is 356 g/mol. The molecule has 4 nitrogen and oxygen atoms in total. The summed E-state index contributed by atoms with van der Waals surface area (Å²) in [6, 6.07) is 17.2. The minimum atomic E-state index is -1.01. The van der Waals surface area contributed by atoms with E-state index in [1.54, 1.807) is 18.1 Å². The van der Waals surface area contributed by atoms with E-state index in [2.05, 4.69) is 22.0 Å². The van der Waals surface area contributed by atoms with Crippen LogP contribution in [0.5, 0.6) is 5.75 Å². The molecule has 1 aliphatic rings. The van der Waals surface area contributed by atoms with Gasteiger partial charge >= 0.3 is 0 Å². The van der Waals surface area contributed by atoms with Gasteiger partial charge in [0.25, 0.3) is 0 Å². The Bertz CT molecular complexity index is 782. The summed E-state index contributed by atoms with van der Waals surface area (Å²) in [5.41, 5.74) is 0.425. The fourth-order valence-corrected chi connectivity index (χ4v) is 3.31. The van der Waals surface area contributed by atoms with Gasteiger partial charge < -0.3 is 4.74 Å². The summed E-state index contributed by atoms with van der Waals surface area (Å²) in [6.45, 7) is 0. The normalized spacial score (nSPS) is 20.4. The maximum atomic E-state index is 12.6. The Hall–Kier alpha value is -2.32. The Labute approximate surface area is 143 Å². The van der Waals surface area contributed by atoms with Crippen molar-refractivity contribution < 1.29 is 9.53 Å². The number of nitriles is 1. The van der Waals surface area contributed by atoms with E-state index in [4.69, 9.17) is 4.74 Å². The first-order valence-electron chi connectivity index (χ1n) is 7.26. The second-order valence-corrected chi connectivity index (χ2v) is 6.30. The van der Waals surface area contributed by atoms with Crippen LogP contribution in [0.4, 0.5) is 5.69 Å². The van der Waals surface area contributed by atoms with Crippen molar-refractivity contribution in [2.24, 2.45) is 0 Å². The Morgan fingerprint density at radius 3 is 2.57 bits per heavy atom. The predicted molar refractivity (Wildman–Crippen MR) is 91.1 cm³/mol. The van der Waals surface area contributed by atoms with E-state index in [0.29, 0.717) is 24.3 Å². The van der Waals surface area contributed by atoms with Gasteiger partial charge in [-0.15, -0.1) is 0 Å². The van der Waals surface area contributed by atoms with Crippen LogP contribution in [-0.4, -0.2) is 13.0 Å². The molecule has 0 aromatic heterocycles. The molecule has 1 aliphatic heterocycles.